The highest BCUT2D eigenvalue weighted by Crippen LogP contribution is 2.07. The zero-order chi connectivity index (χ0) is 17.3. The van der Waals surface area contributed by atoms with Gasteiger partial charge in [-0.25, -0.2) is 4.79 Å². The Labute approximate surface area is 135 Å². The van der Waals surface area contributed by atoms with Gasteiger partial charge in [0.2, 0.25) is 5.91 Å². The molecule has 0 heterocycles. The van der Waals surface area contributed by atoms with Gasteiger partial charge in [0.15, 0.2) is 0 Å². The fourth-order valence-corrected chi connectivity index (χ4v) is 1.92. The number of hydrogen-bond donors (Lipinski definition) is 2. The van der Waals surface area contributed by atoms with Gasteiger partial charge in [-0.05, 0) is 46.1 Å². The molecule has 0 fully saturated rings. The van der Waals surface area contributed by atoms with Gasteiger partial charge in [0.25, 0.3) is 0 Å². The Morgan fingerprint density at radius 2 is 1.73 bits per heavy atom. The summed E-state index contributed by atoms with van der Waals surface area (Å²) in [5, 5.41) is 5.98. The van der Waals surface area contributed by atoms with Crippen molar-refractivity contribution < 1.29 is 14.3 Å². The molecule has 2 N–H and O–H groups in total. The van der Waals surface area contributed by atoms with Gasteiger partial charge in [-0.15, -0.1) is 0 Å². The van der Waals surface area contributed by atoms with Crippen molar-refractivity contribution in [3.05, 3.63) is 0 Å². The number of amides is 2. The Morgan fingerprint density at radius 3 is 2.18 bits per heavy atom. The van der Waals surface area contributed by atoms with Crippen molar-refractivity contribution in [1.82, 2.24) is 15.5 Å². The van der Waals surface area contributed by atoms with E-state index >= 15 is 0 Å². The van der Waals surface area contributed by atoms with Gasteiger partial charge in [0.1, 0.15) is 5.60 Å². The number of hydrogen-bond acceptors (Lipinski definition) is 4. The zero-order valence-corrected chi connectivity index (χ0v) is 15.2. The van der Waals surface area contributed by atoms with Gasteiger partial charge in [-0.3, -0.25) is 4.79 Å². The zero-order valence-electron chi connectivity index (χ0n) is 15.2. The molecule has 22 heavy (non-hydrogen) atoms. The van der Waals surface area contributed by atoms with Crippen LogP contribution in [0.3, 0.4) is 0 Å². The number of alkyl carbamates (subject to hydrolysis) is 1. The number of carbonyl (C=O) groups excluding carboxylic acids is 2. The van der Waals surface area contributed by atoms with Crippen molar-refractivity contribution >= 4 is 12.0 Å². The summed E-state index contributed by atoms with van der Waals surface area (Å²) in [4.78, 5) is 25.2. The van der Waals surface area contributed by atoms with Crippen molar-refractivity contribution in [3.63, 3.8) is 0 Å². The molecule has 0 aromatic heterocycles. The SMILES string of the molecule is CC(C)CC(NCCCNC(=O)OC(C)(C)C)C(=O)N(C)C. The second-order valence-corrected chi connectivity index (χ2v) is 7.15. The van der Waals surface area contributed by atoms with E-state index in [4.69, 9.17) is 4.74 Å². The lowest BCUT2D eigenvalue weighted by molar-refractivity contribution is -0.131. The van der Waals surface area contributed by atoms with E-state index in [1.807, 2.05) is 20.8 Å². The van der Waals surface area contributed by atoms with Crippen LogP contribution in [-0.2, 0) is 9.53 Å². The number of carbonyl (C=O) groups is 2. The lowest BCUT2D eigenvalue weighted by Gasteiger charge is -2.23. The first-order valence-electron chi connectivity index (χ1n) is 7.94. The molecule has 0 aromatic carbocycles. The van der Waals surface area contributed by atoms with Crippen LogP contribution in [0.5, 0.6) is 0 Å². The Balaban J connectivity index is 4.04. The van der Waals surface area contributed by atoms with Crippen LogP contribution in [-0.4, -0.2) is 55.7 Å². The van der Waals surface area contributed by atoms with Gasteiger partial charge >= 0.3 is 6.09 Å². The molecule has 0 aliphatic heterocycles. The number of rotatable bonds is 8. The summed E-state index contributed by atoms with van der Waals surface area (Å²) in [6.45, 7) is 10.9. The van der Waals surface area contributed by atoms with Crippen LogP contribution in [0, 0.1) is 5.92 Å². The quantitative estimate of drug-likeness (QED) is 0.672. The molecule has 1 atom stereocenters. The van der Waals surface area contributed by atoms with Crippen LogP contribution in [0.1, 0.15) is 47.5 Å². The molecule has 0 aliphatic rings. The molecular weight excluding hydrogens is 282 g/mol. The summed E-state index contributed by atoms with van der Waals surface area (Å²) in [5.74, 6) is 0.537. The Hall–Kier alpha value is -1.30. The van der Waals surface area contributed by atoms with Crippen molar-refractivity contribution in [2.45, 2.75) is 59.1 Å². The summed E-state index contributed by atoms with van der Waals surface area (Å²) < 4.78 is 5.16. The Morgan fingerprint density at radius 1 is 1.14 bits per heavy atom. The predicted molar refractivity (Wildman–Crippen MR) is 88.8 cm³/mol. The first kappa shape index (κ1) is 20.7. The van der Waals surface area contributed by atoms with Crippen molar-refractivity contribution in [2.24, 2.45) is 5.92 Å². The van der Waals surface area contributed by atoms with E-state index in [1.54, 1.807) is 19.0 Å². The maximum atomic E-state index is 12.1. The van der Waals surface area contributed by atoms with Crippen molar-refractivity contribution in [3.8, 4) is 0 Å². The Kier molecular flexibility index (Phi) is 9.09. The standard InChI is InChI=1S/C16H33N3O3/c1-12(2)11-13(14(20)19(6)7)17-9-8-10-18-15(21)22-16(3,4)5/h12-13,17H,8-11H2,1-7H3,(H,18,21). The number of ether oxygens (including phenoxy) is 1. The van der Waals surface area contributed by atoms with E-state index in [0.717, 1.165) is 12.8 Å². The predicted octanol–water partition coefficient (Wildman–Crippen LogP) is 1.99. The molecule has 0 spiro atoms. The highest BCUT2D eigenvalue weighted by atomic mass is 16.6. The maximum absolute atomic E-state index is 12.1. The first-order chi connectivity index (χ1) is 10.0. The molecule has 6 heteroatoms. The van der Waals surface area contributed by atoms with Crippen LogP contribution < -0.4 is 10.6 Å². The van der Waals surface area contributed by atoms with E-state index in [2.05, 4.69) is 24.5 Å². The fourth-order valence-electron chi connectivity index (χ4n) is 1.92. The lowest BCUT2D eigenvalue weighted by Crippen LogP contribution is -2.45. The van der Waals surface area contributed by atoms with Gasteiger partial charge in [-0.1, -0.05) is 13.8 Å². The van der Waals surface area contributed by atoms with Crippen molar-refractivity contribution in [2.75, 3.05) is 27.2 Å². The summed E-state index contributed by atoms with van der Waals surface area (Å²) in [6, 6.07) is -0.170. The molecule has 6 nitrogen and oxygen atoms in total. The number of nitrogens with zero attached hydrogens (tertiary/aromatic N) is 1. The second-order valence-electron chi connectivity index (χ2n) is 7.15. The van der Waals surface area contributed by atoms with Crippen molar-refractivity contribution in [1.29, 1.82) is 0 Å². The van der Waals surface area contributed by atoms with Crippen LogP contribution in [0.2, 0.25) is 0 Å². The van der Waals surface area contributed by atoms with Crippen LogP contribution >= 0.6 is 0 Å². The third-order valence-electron chi connectivity index (χ3n) is 2.86. The third kappa shape index (κ3) is 10.4. The van der Waals surface area contributed by atoms with E-state index in [0.29, 0.717) is 19.0 Å². The first-order valence-corrected chi connectivity index (χ1v) is 7.94. The number of likely N-dealkylation sites (N-methyl/N-ethyl adjacent to an activating group) is 1. The second kappa shape index (κ2) is 9.66. The molecule has 1 unspecified atom stereocenters. The topological polar surface area (TPSA) is 70.7 Å². The van der Waals surface area contributed by atoms with Gasteiger partial charge in [-0.2, -0.15) is 0 Å². The van der Waals surface area contributed by atoms with E-state index < -0.39 is 11.7 Å². The van der Waals surface area contributed by atoms with E-state index in [1.165, 1.54) is 0 Å². The average Bonchev–Trinajstić information content (AvgIpc) is 2.33. The molecule has 0 bridgehead atoms. The molecule has 0 radical (unpaired) electrons. The molecule has 0 saturated heterocycles. The smallest absolute Gasteiger partial charge is 0.407 e. The lowest BCUT2D eigenvalue weighted by atomic mass is 10.0. The normalized spacial score (nSPS) is 12.9. The molecule has 0 aliphatic carbocycles. The molecule has 0 rings (SSSR count). The van der Waals surface area contributed by atoms with Crippen LogP contribution in [0.25, 0.3) is 0 Å². The summed E-state index contributed by atoms with van der Waals surface area (Å²) in [5.41, 5.74) is -0.483. The summed E-state index contributed by atoms with van der Waals surface area (Å²) in [6.07, 6.45) is 1.14. The minimum absolute atomic E-state index is 0.0915. The average molecular weight is 315 g/mol. The van der Waals surface area contributed by atoms with E-state index in [-0.39, 0.29) is 11.9 Å². The van der Waals surface area contributed by atoms with Crippen LogP contribution in [0.4, 0.5) is 4.79 Å². The largest absolute Gasteiger partial charge is 0.444 e. The number of nitrogens with one attached hydrogen (secondary N) is 2. The maximum Gasteiger partial charge on any atom is 0.407 e. The Bertz CT molecular complexity index is 349. The third-order valence-corrected chi connectivity index (χ3v) is 2.86. The summed E-state index contributed by atoms with van der Waals surface area (Å²) in [7, 11) is 3.53. The molecule has 130 valence electrons. The molecule has 2 amide bonds. The van der Waals surface area contributed by atoms with Crippen LogP contribution in [0.15, 0.2) is 0 Å². The highest BCUT2D eigenvalue weighted by Gasteiger charge is 2.20. The monoisotopic (exact) mass is 315 g/mol. The van der Waals surface area contributed by atoms with Gasteiger partial charge < -0.3 is 20.3 Å². The fraction of sp³-hybridized carbons (Fsp3) is 0.875. The molecule has 0 saturated carbocycles. The molecule has 0 aromatic rings. The summed E-state index contributed by atoms with van der Waals surface area (Å²) >= 11 is 0. The minimum Gasteiger partial charge on any atom is -0.444 e. The van der Waals surface area contributed by atoms with E-state index in [9.17, 15) is 9.59 Å². The molecular formula is C16H33N3O3. The van der Waals surface area contributed by atoms with Gasteiger partial charge in [0.05, 0.1) is 6.04 Å². The highest BCUT2D eigenvalue weighted by molar-refractivity contribution is 5.81. The minimum atomic E-state index is -0.483. The van der Waals surface area contributed by atoms with Gasteiger partial charge in [0, 0.05) is 20.6 Å².